The zero-order chi connectivity index (χ0) is 24.9. The molecule has 184 valence electrons. The number of unbranched alkanes of at least 4 members (excludes halogenated alkanes) is 6. The number of aromatic carboxylic acids is 1. The van der Waals surface area contributed by atoms with E-state index in [9.17, 15) is 23.9 Å². The summed E-state index contributed by atoms with van der Waals surface area (Å²) in [6.45, 7) is 4.17. The van der Waals surface area contributed by atoms with Crippen molar-refractivity contribution in [3.63, 3.8) is 0 Å². The first-order chi connectivity index (χ1) is 16.4. The Morgan fingerprint density at radius 2 is 1.53 bits per heavy atom. The number of rotatable bonds is 14. The molecule has 0 saturated carbocycles. The van der Waals surface area contributed by atoms with Gasteiger partial charge in [0.2, 0.25) is 0 Å². The number of hydrogen-bond acceptors (Lipinski definition) is 5. The first-order valence-corrected chi connectivity index (χ1v) is 11.9. The number of benzene rings is 2. The molecule has 0 amide bonds. The van der Waals surface area contributed by atoms with Crippen molar-refractivity contribution in [3.05, 3.63) is 53.3 Å². The van der Waals surface area contributed by atoms with Crippen molar-refractivity contribution in [1.29, 1.82) is 0 Å². The van der Waals surface area contributed by atoms with Crippen molar-refractivity contribution in [2.45, 2.75) is 71.6 Å². The van der Waals surface area contributed by atoms with Gasteiger partial charge in [-0.25, -0.2) is 14.0 Å². The van der Waals surface area contributed by atoms with Crippen molar-refractivity contribution >= 4 is 17.9 Å². The van der Waals surface area contributed by atoms with Gasteiger partial charge in [-0.05, 0) is 54.3 Å². The van der Waals surface area contributed by atoms with Gasteiger partial charge in [0.15, 0.2) is 0 Å². The zero-order valence-electron chi connectivity index (χ0n) is 19.9. The molecule has 6 nitrogen and oxygen atoms in total. The highest BCUT2D eigenvalue weighted by Gasteiger charge is 2.18. The first-order valence-electron chi connectivity index (χ1n) is 11.9. The maximum absolute atomic E-state index is 14.6. The molecular formula is C27H33FO6. The second kappa shape index (κ2) is 14.1. The standard InChI is InChI=1S/C27H33FO6/c1-3-5-6-7-8-9-10-11-25(29)34-20-13-15-21(26(30)31)23(18-20)19-12-14-22(24(28)17-19)27(32)33-16-4-2/h12-15,17-18H,3-11,16H2,1-2H3,(H,30,31). The van der Waals surface area contributed by atoms with E-state index in [2.05, 4.69) is 6.92 Å². The van der Waals surface area contributed by atoms with Gasteiger partial charge >= 0.3 is 17.9 Å². The van der Waals surface area contributed by atoms with Crippen LogP contribution in [0.2, 0.25) is 0 Å². The van der Waals surface area contributed by atoms with E-state index in [0.717, 1.165) is 31.7 Å². The van der Waals surface area contributed by atoms with Crippen molar-refractivity contribution in [1.82, 2.24) is 0 Å². The van der Waals surface area contributed by atoms with Gasteiger partial charge in [-0.3, -0.25) is 4.79 Å². The molecule has 1 N–H and O–H groups in total. The smallest absolute Gasteiger partial charge is 0.341 e. The molecule has 0 aromatic heterocycles. The molecule has 0 saturated heterocycles. The Hall–Kier alpha value is -3.22. The van der Waals surface area contributed by atoms with Crippen molar-refractivity contribution in [2.75, 3.05) is 6.61 Å². The minimum Gasteiger partial charge on any atom is -0.478 e. The fourth-order valence-electron chi connectivity index (χ4n) is 3.54. The lowest BCUT2D eigenvalue weighted by molar-refractivity contribution is -0.134. The van der Waals surface area contributed by atoms with Gasteiger partial charge in [-0.1, -0.05) is 58.4 Å². The van der Waals surface area contributed by atoms with Gasteiger partial charge < -0.3 is 14.6 Å². The number of hydrogen-bond donors (Lipinski definition) is 1. The maximum atomic E-state index is 14.6. The molecule has 0 aliphatic heterocycles. The van der Waals surface area contributed by atoms with E-state index in [-0.39, 0.29) is 41.0 Å². The molecular weight excluding hydrogens is 439 g/mol. The maximum Gasteiger partial charge on any atom is 0.341 e. The SMILES string of the molecule is CCCCCCCCCC(=O)Oc1ccc(C(=O)O)c(-c2ccc(C(=O)OCCC)c(F)c2)c1. The molecule has 7 heteroatoms. The molecule has 34 heavy (non-hydrogen) atoms. The van der Waals surface area contributed by atoms with E-state index in [1.807, 2.05) is 6.92 Å². The minimum absolute atomic E-state index is 0.0763. The van der Waals surface area contributed by atoms with E-state index in [4.69, 9.17) is 9.47 Å². The lowest BCUT2D eigenvalue weighted by Crippen LogP contribution is -2.09. The molecule has 0 radical (unpaired) electrons. The number of carboxylic acids is 1. The van der Waals surface area contributed by atoms with Gasteiger partial charge in [0, 0.05) is 6.42 Å². The fourth-order valence-corrected chi connectivity index (χ4v) is 3.54. The molecule has 0 unspecified atom stereocenters. The van der Waals surface area contributed by atoms with E-state index >= 15 is 0 Å². The third kappa shape index (κ3) is 8.28. The third-order valence-corrected chi connectivity index (χ3v) is 5.37. The zero-order valence-corrected chi connectivity index (χ0v) is 19.9. The van der Waals surface area contributed by atoms with Crippen LogP contribution in [0, 0.1) is 5.82 Å². The Morgan fingerprint density at radius 1 is 0.853 bits per heavy atom. The van der Waals surface area contributed by atoms with Gasteiger partial charge in [0.25, 0.3) is 0 Å². The number of ether oxygens (including phenoxy) is 2. The largest absolute Gasteiger partial charge is 0.478 e. The molecule has 0 heterocycles. The van der Waals surface area contributed by atoms with Crippen LogP contribution in [-0.4, -0.2) is 29.6 Å². The predicted octanol–water partition coefficient (Wildman–Crippen LogP) is 6.80. The van der Waals surface area contributed by atoms with E-state index in [1.165, 1.54) is 49.6 Å². The second-order valence-electron chi connectivity index (χ2n) is 8.19. The van der Waals surface area contributed by atoms with E-state index in [0.29, 0.717) is 6.42 Å². The Balaban J connectivity index is 2.10. The van der Waals surface area contributed by atoms with Crippen LogP contribution < -0.4 is 4.74 Å². The van der Waals surface area contributed by atoms with Crippen LogP contribution in [0.4, 0.5) is 4.39 Å². The van der Waals surface area contributed by atoms with Gasteiger partial charge in [0.05, 0.1) is 17.7 Å². The summed E-state index contributed by atoms with van der Waals surface area (Å²) in [5, 5.41) is 9.55. The van der Waals surface area contributed by atoms with Gasteiger partial charge in [-0.15, -0.1) is 0 Å². The normalized spacial score (nSPS) is 10.7. The van der Waals surface area contributed by atoms with E-state index < -0.39 is 23.7 Å². The van der Waals surface area contributed by atoms with Crippen molar-refractivity contribution < 1.29 is 33.4 Å². The molecule has 2 aromatic carbocycles. The summed E-state index contributed by atoms with van der Waals surface area (Å²) in [5.74, 6) is -3.03. The highest BCUT2D eigenvalue weighted by Crippen LogP contribution is 2.30. The lowest BCUT2D eigenvalue weighted by atomic mass is 9.98. The summed E-state index contributed by atoms with van der Waals surface area (Å²) < 4.78 is 24.9. The molecule has 0 spiro atoms. The number of carbonyl (C=O) groups is 3. The lowest BCUT2D eigenvalue weighted by Gasteiger charge is -2.11. The van der Waals surface area contributed by atoms with Crippen molar-refractivity contribution in [3.8, 4) is 16.9 Å². The van der Waals surface area contributed by atoms with Crippen LogP contribution in [0.1, 0.15) is 92.4 Å². The molecule has 2 aromatic rings. The highest BCUT2D eigenvalue weighted by molar-refractivity contribution is 5.97. The summed E-state index contributed by atoms with van der Waals surface area (Å²) in [5.41, 5.74) is 0.118. The monoisotopic (exact) mass is 472 g/mol. The molecule has 2 rings (SSSR count). The first kappa shape index (κ1) is 27.0. The fraction of sp³-hybridized carbons (Fsp3) is 0.444. The predicted molar refractivity (Wildman–Crippen MR) is 128 cm³/mol. The summed E-state index contributed by atoms with van der Waals surface area (Å²) >= 11 is 0. The van der Waals surface area contributed by atoms with Crippen molar-refractivity contribution in [2.24, 2.45) is 0 Å². The molecule has 0 bridgehead atoms. The summed E-state index contributed by atoms with van der Waals surface area (Å²) in [4.78, 5) is 35.9. The number of halogens is 1. The Labute approximate surface area is 200 Å². The molecule has 0 fully saturated rings. The summed E-state index contributed by atoms with van der Waals surface area (Å²) in [6.07, 6.45) is 8.43. The second-order valence-corrected chi connectivity index (χ2v) is 8.19. The van der Waals surface area contributed by atoms with Gasteiger partial charge in [-0.2, -0.15) is 0 Å². The topological polar surface area (TPSA) is 89.9 Å². The Bertz CT molecular complexity index is 985. The number of carboxylic acid groups (broad SMARTS) is 1. The average molecular weight is 473 g/mol. The quantitative estimate of drug-likeness (QED) is 0.185. The average Bonchev–Trinajstić information content (AvgIpc) is 2.81. The van der Waals surface area contributed by atoms with Crippen LogP contribution in [0.25, 0.3) is 11.1 Å². The third-order valence-electron chi connectivity index (χ3n) is 5.37. The Kier molecular flexibility index (Phi) is 11.2. The van der Waals surface area contributed by atoms with Gasteiger partial charge in [0.1, 0.15) is 11.6 Å². The van der Waals surface area contributed by atoms with Crippen LogP contribution in [0.5, 0.6) is 5.75 Å². The van der Waals surface area contributed by atoms with Crippen LogP contribution in [-0.2, 0) is 9.53 Å². The number of esters is 2. The molecule has 0 aliphatic carbocycles. The number of carbonyl (C=O) groups excluding carboxylic acids is 2. The van der Waals surface area contributed by atoms with Crippen LogP contribution in [0.15, 0.2) is 36.4 Å². The minimum atomic E-state index is -1.21. The highest BCUT2D eigenvalue weighted by atomic mass is 19.1. The summed E-state index contributed by atoms with van der Waals surface area (Å²) in [6, 6.07) is 7.90. The van der Waals surface area contributed by atoms with Crippen LogP contribution in [0.3, 0.4) is 0 Å². The molecule has 0 atom stereocenters. The van der Waals surface area contributed by atoms with E-state index in [1.54, 1.807) is 0 Å². The summed E-state index contributed by atoms with van der Waals surface area (Å²) in [7, 11) is 0. The Morgan fingerprint density at radius 3 is 2.18 bits per heavy atom. The molecule has 0 aliphatic rings. The van der Waals surface area contributed by atoms with Crippen LogP contribution >= 0.6 is 0 Å².